The number of nitrogens with one attached hydrogen (secondary N) is 1. The van der Waals surface area contributed by atoms with E-state index >= 15 is 0 Å². The van der Waals surface area contributed by atoms with Gasteiger partial charge in [0.2, 0.25) is 5.82 Å². The number of halogens is 2. The van der Waals surface area contributed by atoms with Crippen LogP contribution in [0.1, 0.15) is 0 Å². The average molecular weight is 416 g/mol. The van der Waals surface area contributed by atoms with E-state index in [1.807, 2.05) is 12.1 Å². The summed E-state index contributed by atoms with van der Waals surface area (Å²) in [6.45, 7) is -0.258. The van der Waals surface area contributed by atoms with Gasteiger partial charge >= 0.3 is 5.69 Å². The Morgan fingerprint density at radius 3 is 2.59 bits per heavy atom. The molecule has 0 saturated heterocycles. The van der Waals surface area contributed by atoms with Crippen molar-refractivity contribution in [2.75, 3.05) is 11.9 Å². The maximum absolute atomic E-state index is 13.2. The first kappa shape index (κ1) is 16.1. The van der Waals surface area contributed by atoms with E-state index in [1.54, 1.807) is 12.1 Å². The number of carbonyl (C=O) groups excluding carboxylic acids is 1. The van der Waals surface area contributed by atoms with E-state index in [4.69, 9.17) is 4.74 Å². The Bertz CT molecular complexity index is 706. The summed E-state index contributed by atoms with van der Waals surface area (Å²) < 4.78 is 19.5. The maximum Gasteiger partial charge on any atom is 0.306 e. The molecule has 1 amide bonds. The zero-order valence-electron chi connectivity index (χ0n) is 11.1. The van der Waals surface area contributed by atoms with Crippen LogP contribution in [0.4, 0.5) is 15.8 Å². The van der Waals surface area contributed by atoms with Crippen LogP contribution in [-0.2, 0) is 4.79 Å². The molecule has 114 valence electrons. The number of anilines is 1. The molecule has 2 rings (SSSR count). The molecule has 0 radical (unpaired) electrons. The molecule has 0 unspecified atom stereocenters. The summed E-state index contributed by atoms with van der Waals surface area (Å²) in [5.74, 6) is -0.932. The quantitative estimate of drug-likeness (QED) is 0.461. The van der Waals surface area contributed by atoms with Crippen molar-refractivity contribution < 1.29 is 18.8 Å². The van der Waals surface area contributed by atoms with E-state index < -0.39 is 22.3 Å². The van der Waals surface area contributed by atoms with Crippen molar-refractivity contribution in [3.8, 4) is 5.75 Å². The zero-order valence-corrected chi connectivity index (χ0v) is 13.2. The fourth-order valence-electron chi connectivity index (χ4n) is 1.61. The van der Waals surface area contributed by atoms with E-state index in [0.717, 1.165) is 15.7 Å². The van der Waals surface area contributed by atoms with Gasteiger partial charge in [0.25, 0.3) is 5.91 Å². The van der Waals surface area contributed by atoms with Crippen LogP contribution in [0.3, 0.4) is 0 Å². The molecule has 1 N–H and O–H groups in total. The highest BCUT2D eigenvalue weighted by Gasteiger charge is 2.15. The molecule has 0 aromatic heterocycles. The summed E-state index contributed by atoms with van der Waals surface area (Å²) in [6.07, 6.45) is 0. The van der Waals surface area contributed by atoms with Gasteiger partial charge in [0.1, 0.15) is 5.75 Å². The van der Waals surface area contributed by atoms with Crippen molar-refractivity contribution >= 4 is 39.9 Å². The van der Waals surface area contributed by atoms with E-state index in [9.17, 15) is 19.3 Å². The minimum Gasteiger partial charge on any atom is -0.484 e. The van der Waals surface area contributed by atoms with Gasteiger partial charge in [-0.05, 0) is 59.0 Å². The van der Waals surface area contributed by atoms with Gasteiger partial charge in [-0.2, -0.15) is 4.39 Å². The standard InChI is InChI=1S/C14H10FIN2O4/c15-12-6-3-10(7-13(12)18(20)21)17-14(19)8-22-11-4-1-9(16)2-5-11/h1-7H,8H2,(H,17,19). The molecule has 6 nitrogen and oxygen atoms in total. The topological polar surface area (TPSA) is 81.5 Å². The minimum absolute atomic E-state index is 0.129. The number of nitrogens with zero attached hydrogens (tertiary/aromatic N) is 1. The highest BCUT2D eigenvalue weighted by atomic mass is 127. The molecular formula is C14H10FIN2O4. The van der Waals surface area contributed by atoms with E-state index in [1.165, 1.54) is 6.07 Å². The van der Waals surface area contributed by atoms with Crippen molar-refractivity contribution in [1.29, 1.82) is 0 Å². The molecule has 8 heteroatoms. The molecule has 0 aliphatic heterocycles. The fraction of sp³-hybridized carbons (Fsp3) is 0.0714. The highest BCUT2D eigenvalue weighted by molar-refractivity contribution is 14.1. The smallest absolute Gasteiger partial charge is 0.306 e. The molecule has 0 spiro atoms. The van der Waals surface area contributed by atoms with E-state index in [2.05, 4.69) is 27.9 Å². The summed E-state index contributed by atoms with van der Waals surface area (Å²) in [7, 11) is 0. The van der Waals surface area contributed by atoms with Gasteiger partial charge in [-0.3, -0.25) is 14.9 Å². The maximum atomic E-state index is 13.2. The predicted octanol–water partition coefficient (Wildman–Crippen LogP) is 3.36. The molecule has 2 aromatic carbocycles. The van der Waals surface area contributed by atoms with Crippen LogP contribution in [0.25, 0.3) is 0 Å². The second-order valence-corrected chi connectivity index (χ2v) is 5.46. The highest BCUT2D eigenvalue weighted by Crippen LogP contribution is 2.21. The number of ether oxygens (including phenoxy) is 1. The molecule has 0 aliphatic carbocycles. The summed E-state index contributed by atoms with van der Waals surface area (Å²) in [4.78, 5) is 21.5. The van der Waals surface area contributed by atoms with Gasteiger partial charge in [-0.15, -0.1) is 0 Å². The van der Waals surface area contributed by atoms with Crippen LogP contribution in [-0.4, -0.2) is 17.4 Å². The molecule has 0 saturated carbocycles. The van der Waals surface area contributed by atoms with Gasteiger partial charge in [0, 0.05) is 15.3 Å². The number of amides is 1. The summed E-state index contributed by atoms with van der Waals surface area (Å²) in [6, 6.07) is 10.2. The third-order valence-corrected chi connectivity index (χ3v) is 3.33. The molecule has 0 bridgehead atoms. The SMILES string of the molecule is O=C(COc1ccc(I)cc1)Nc1ccc(F)c([N+](=O)[O-])c1. The second kappa shape index (κ2) is 7.16. The lowest BCUT2D eigenvalue weighted by Crippen LogP contribution is -2.20. The number of benzene rings is 2. The Labute approximate surface area is 138 Å². The molecule has 2 aromatic rings. The lowest BCUT2D eigenvalue weighted by atomic mass is 10.2. The number of rotatable bonds is 5. The monoisotopic (exact) mass is 416 g/mol. The van der Waals surface area contributed by atoms with Crippen LogP contribution in [0, 0.1) is 19.5 Å². The fourth-order valence-corrected chi connectivity index (χ4v) is 1.97. The van der Waals surface area contributed by atoms with Gasteiger partial charge in [0.05, 0.1) is 4.92 Å². The number of hydrogen-bond acceptors (Lipinski definition) is 4. The minimum atomic E-state index is -0.960. The molecular weight excluding hydrogens is 406 g/mol. The first-order chi connectivity index (χ1) is 10.5. The van der Waals surface area contributed by atoms with Gasteiger partial charge < -0.3 is 10.1 Å². The van der Waals surface area contributed by atoms with Crippen molar-refractivity contribution in [2.24, 2.45) is 0 Å². The molecule has 0 aliphatic rings. The Kier molecular flexibility index (Phi) is 5.26. The zero-order chi connectivity index (χ0) is 16.1. The van der Waals surface area contributed by atoms with Crippen LogP contribution < -0.4 is 10.1 Å². The Balaban J connectivity index is 1.96. The lowest BCUT2D eigenvalue weighted by Gasteiger charge is -2.07. The number of carbonyl (C=O) groups is 1. The number of nitro groups is 1. The first-order valence-corrected chi connectivity index (χ1v) is 7.16. The Morgan fingerprint density at radius 1 is 1.27 bits per heavy atom. The normalized spacial score (nSPS) is 10.1. The molecule has 0 fully saturated rings. The lowest BCUT2D eigenvalue weighted by molar-refractivity contribution is -0.387. The van der Waals surface area contributed by atoms with Crippen LogP contribution in [0.2, 0.25) is 0 Å². The average Bonchev–Trinajstić information content (AvgIpc) is 2.48. The van der Waals surface area contributed by atoms with Crippen molar-refractivity contribution in [1.82, 2.24) is 0 Å². The Morgan fingerprint density at radius 2 is 1.95 bits per heavy atom. The van der Waals surface area contributed by atoms with Crippen LogP contribution >= 0.6 is 22.6 Å². The van der Waals surface area contributed by atoms with Gasteiger partial charge in [0.15, 0.2) is 6.61 Å². The third-order valence-electron chi connectivity index (χ3n) is 2.61. The summed E-state index contributed by atoms with van der Waals surface area (Å²) >= 11 is 2.14. The van der Waals surface area contributed by atoms with Crippen LogP contribution in [0.5, 0.6) is 5.75 Å². The second-order valence-electron chi connectivity index (χ2n) is 4.21. The predicted molar refractivity (Wildman–Crippen MR) is 86.3 cm³/mol. The summed E-state index contributed by atoms with van der Waals surface area (Å²) in [5, 5.41) is 13.0. The van der Waals surface area contributed by atoms with Gasteiger partial charge in [-0.25, -0.2) is 0 Å². The molecule has 0 heterocycles. The van der Waals surface area contributed by atoms with E-state index in [-0.39, 0.29) is 12.3 Å². The number of nitro benzene ring substituents is 1. The van der Waals surface area contributed by atoms with Gasteiger partial charge in [-0.1, -0.05) is 0 Å². The largest absolute Gasteiger partial charge is 0.484 e. The van der Waals surface area contributed by atoms with Crippen molar-refractivity contribution in [2.45, 2.75) is 0 Å². The summed E-state index contributed by atoms with van der Waals surface area (Å²) in [5.41, 5.74) is -0.569. The Hall–Kier alpha value is -2.23. The molecule has 0 atom stereocenters. The van der Waals surface area contributed by atoms with Crippen molar-refractivity contribution in [3.63, 3.8) is 0 Å². The van der Waals surface area contributed by atoms with Crippen LogP contribution in [0.15, 0.2) is 42.5 Å². The molecule has 22 heavy (non-hydrogen) atoms. The number of hydrogen-bond donors (Lipinski definition) is 1. The van der Waals surface area contributed by atoms with Crippen molar-refractivity contribution in [3.05, 3.63) is 62.0 Å². The van der Waals surface area contributed by atoms with E-state index in [0.29, 0.717) is 5.75 Å². The first-order valence-electron chi connectivity index (χ1n) is 6.08. The third kappa shape index (κ3) is 4.38.